The minimum absolute atomic E-state index is 0.183. The second kappa shape index (κ2) is 5.22. The summed E-state index contributed by atoms with van der Waals surface area (Å²) in [6, 6.07) is 14.1. The largest absolute Gasteiger partial charge is 0.467 e. The normalized spacial score (nSPS) is 20.1. The monoisotopic (exact) mass is 256 g/mol. The standard InChI is InChI=1S/C17H20O2/c18-16(15-10-7-13-19-15)17(11-5-2-6-12-17)14-8-3-1-4-9-14/h1,3-4,7-10,13,16,18H,2,5-6,11-12H2. The molecule has 1 aliphatic carbocycles. The molecule has 1 atom stereocenters. The van der Waals surface area contributed by atoms with E-state index in [4.69, 9.17) is 4.42 Å². The first-order valence-corrected chi connectivity index (χ1v) is 7.10. The minimum Gasteiger partial charge on any atom is -0.467 e. The third-order valence-corrected chi connectivity index (χ3v) is 4.43. The van der Waals surface area contributed by atoms with Crippen LogP contribution in [0.1, 0.15) is 49.5 Å². The molecule has 1 aromatic heterocycles. The van der Waals surface area contributed by atoms with E-state index < -0.39 is 6.10 Å². The van der Waals surface area contributed by atoms with Crippen molar-refractivity contribution in [3.63, 3.8) is 0 Å². The molecule has 1 N–H and O–H groups in total. The molecule has 0 amide bonds. The van der Waals surface area contributed by atoms with Crippen molar-refractivity contribution >= 4 is 0 Å². The van der Waals surface area contributed by atoms with Gasteiger partial charge in [-0.25, -0.2) is 0 Å². The molecule has 1 aliphatic rings. The Kier molecular flexibility index (Phi) is 3.43. The summed E-state index contributed by atoms with van der Waals surface area (Å²) in [6.45, 7) is 0. The van der Waals surface area contributed by atoms with E-state index in [1.54, 1.807) is 6.26 Å². The molecular weight excluding hydrogens is 236 g/mol. The van der Waals surface area contributed by atoms with E-state index in [-0.39, 0.29) is 5.41 Å². The maximum Gasteiger partial charge on any atom is 0.133 e. The number of benzene rings is 1. The molecule has 2 nitrogen and oxygen atoms in total. The van der Waals surface area contributed by atoms with Crippen molar-refractivity contribution in [2.75, 3.05) is 0 Å². The number of aliphatic hydroxyl groups excluding tert-OH is 1. The van der Waals surface area contributed by atoms with Crippen molar-refractivity contribution in [1.29, 1.82) is 0 Å². The first kappa shape index (κ1) is 12.5. The van der Waals surface area contributed by atoms with Crippen molar-refractivity contribution in [3.8, 4) is 0 Å². The lowest BCUT2D eigenvalue weighted by Gasteiger charge is -2.41. The van der Waals surface area contributed by atoms with Crippen LogP contribution in [-0.2, 0) is 5.41 Å². The number of aliphatic hydroxyl groups is 1. The van der Waals surface area contributed by atoms with Gasteiger partial charge < -0.3 is 9.52 Å². The Balaban J connectivity index is 2.02. The third kappa shape index (κ3) is 2.21. The Morgan fingerprint density at radius 1 is 0.947 bits per heavy atom. The predicted octanol–water partition coefficient (Wildman–Crippen LogP) is 4.22. The Hall–Kier alpha value is -1.54. The van der Waals surface area contributed by atoms with Gasteiger partial charge in [0, 0.05) is 5.41 Å². The zero-order chi connectivity index (χ0) is 13.1. The van der Waals surface area contributed by atoms with Crippen LogP contribution in [-0.4, -0.2) is 5.11 Å². The highest BCUT2D eigenvalue weighted by atomic mass is 16.4. The fourth-order valence-electron chi connectivity index (χ4n) is 3.39. The van der Waals surface area contributed by atoms with Gasteiger partial charge in [0.1, 0.15) is 11.9 Å². The van der Waals surface area contributed by atoms with Gasteiger partial charge in [0.2, 0.25) is 0 Å². The summed E-state index contributed by atoms with van der Waals surface area (Å²) in [5.41, 5.74) is 1.05. The Bertz CT molecular complexity index is 495. The smallest absolute Gasteiger partial charge is 0.133 e. The van der Waals surface area contributed by atoms with Gasteiger partial charge in [0.05, 0.1) is 6.26 Å². The number of hydrogen-bond donors (Lipinski definition) is 1. The maximum atomic E-state index is 10.8. The molecule has 1 saturated carbocycles. The molecule has 0 aliphatic heterocycles. The zero-order valence-electron chi connectivity index (χ0n) is 11.1. The van der Waals surface area contributed by atoms with Crippen molar-refractivity contribution < 1.29 is 9.52 Å². The number of hydrogen-bond acceptors (Lipinski definition) is 2. The van der Waals surface area contributed by atoms with Crippen LogP contribution in [0.5, 0.6) is 0 Å². The fourth-order valence-corrected chi connectivity index (χ4v) is 3.39. The Morgan fingerprint density at radius 3 is 2.32 bits per heavy atom. The van der Waals surface area contributed by atoms with Crippen LogP contribution in [0, 0.1) is 0 Å². The second-order valence-electron chi connectivity index (χ2n) is 5.50. The lowest BCUT2D eigenvalue weighted by molar-refractivity contribution is 0.0358. The lowest BCUT2D eigenvalue weighted by atomic mass is 9.65. The topological polar surface area (TPSA) is 33.4 Å². The molecular formula is C17H20O2. The van der Waals surface area contributed by atoms with E-state index >= 15 is 0 Å². The van der Waals surface area contributed by atoms with Crippen molar-refractivity contribution in [1.82, 2.24) is 0 Å². The predicted molar refractivity (Wildman–Crippen MR) is 74.9 cm³/mol. The van der Waals surface area contributed by atoms with E-state index in [9.17, 15) is 5.11 Å². The summed E-state index contributed by atoms with van der Waals surface area (Å²) in [5.74, 6) is 0.686. The summed E-state index contributed by atoms with van der Waals surface area (Å²) < 4.78 is 5.45. The maximum absolute atomic E-state index is 10.8. The first-order valence-electron chi connectivity index (χ1n) is 7.10. The molecule has 1 fully saturated rings. The molecule has 19 heavy (non-hydrogen) atoms. The van der Waals surface area contributed by atoms with E-state index in [1.807, 2.05) is 18.2 Å². The SMILES string of the molecule is OC(c1ccco1)C1(c2ccccc2)CCCCC1. The molecule has 1 aromatic carbocycles. The fraction of sp³-hybridized carbons (Fsp3) is 0.412. The molecule has 0 radical (unpaired) electrons. The van der Waals surface area contributed by atoms with Crippen molar-refractivity contribution in [3.05, 3.63) is 60.1 Å². The van der Waals surface area contributed by atoms with Gasteiger partial charge in [0.15, 0.2) is 0 Å². The van der Waals surface area contributed by atoms with Gasteiger partial charge in [-0.1, -0.05) is 49.6 Å². The van der Waals surface area contributed by atoms with Crippen LogP contribution >= 0.6 is 0 Å². The molecule has 0 spiro atoms. The number of rotatable bonds is 3. The van der Waals surface area contributed by atoms with Crippen molar-refractivity contribution in [2.45, 2.75) is 43.6 Å². The van der Waals surface area contributed by atoms with Gasteiger partial charge in [-0.3, -0.25) is 0 Å². The van der Waals surface area contributed by atoms with E-state index in [1.165, 1.54) is 24.8 Å². The molecule has 1 heterocycles. The molecule has 3 rings (SSSR count). The molecule has 100 valence electrons. The van der Waals surface area contributed by atoms with E-state index in [0.29, 0.717) is 5.76 Å². The summed E-state index contributed by atoms with van der Waals surface area (Å²) in [7, 11) is 0. The second-order valence-corrected chi connectivity index (χ2v) is 5.50. The van der Waals surface area contributed by atoms with Crippen LogP contribution in [0.25, 0.3) is 0 Å². The van der Waals surface area contributed by atoms with Crippen LogP contribution in [0.3, 0.4) is 0 Å². The zero-order valence-corrected chi connectivity index (χ0v) is 11.1. The lowest BCUT2D eigenvalue weighted by Crippen LogP contribution is -2.35. The summed E-state index contributed by atoms with van der Waals surface area (Å²) in [6.07, 6.45) is 6.75. The highest BCUT2D eigenvalue weighted by molar-refractivity contribution is 5.30. The molecule has 2 aromatic rings. The first-order chi connectivity index (χ1) is 9.33. The van der Waals surface area contributed by atoms with Gasteiger partial charge in [-0.2, -0.15) is 0 Å². The highest BCUT2D eigenvalue weighted by Crippen LogP contribution is 2.48. The minimum atomic E-state index is -0.551. The molecule has 0 saturated heterocycles. The van der Waals surface area contributed by atoms with Gasteiger partial charge >= 0.3 is 0 Å². The van der Waals surface area contributed by atoms with E-state index in [0.717, 1.165) is 12.8 Å². The van der Waals surface area contributed by atoms with Crippen LogP contribution in [0.15, 0.2) is 53.1 Å². The molecule has 1 unspecified atom stereocenters. The van der Waals surface area contributed by atoms with Gasteiger partial charge in [-0.15, -0.1) is 0 Å². The van der Waals surface area contributed by atoms with E-state index in [2.05, 4.69) is 24.3 Å². The van der Waals surface area contributed by atoms with Crippen LogP contribution in [0.4, 0.5) is 0 Å². The van der Waals surface area contributed by atoms with Crippen LogP contribution in [0.2, 0.25) is 0 Å². The van der Waals surface area contributed by atoms with Crippen molar-refractivity contribution in [2.24, 2.45) is 0 Å². The summed E-state index contributed by atoms with van der Waals surface area (Å²) in [4.78, 5) is 0. The quantitative estimate of drug-likeness (QED) is 0.892. The molecule has 2 heteroatoms. The van der Waals surface area contributed by atoms with Crippen LogP contribution < -0.4 is 0 Å². The molecule has 0 bridgehead atoms. The third-order valence-electron chi connectivity index (χ3n) is 4.43. The van der Waals surface area contributed by atoms with Gasteiger partial charge in [0.25, 0.3) is 0 Å². The summed E-state index contributed by atoms with van der Waals surface area (Å²) >= 11 is 0. The summed E-state index contributed by atoms with van der Waals surface area (Å²) in [5, 5.41) is 10.8. The Morgan fingerprint density at radius 2 is 1.68 bits per heavy atom. The number of furan rings is 1. The average Bonchev–Trinajstić information content (AvgIpc) is 3.02. The van der Waals surface area contributed by atoms with Gasteiger partial charge in [-0.05, 0) is 30.5 Å². The average molecular weight is 256 g/mol. The Labute approximate surface area is 114 Å². The highest BCUT2D eigenvalue weighted by Gasteiger charge is 2.42.